The Bertz CT molecular complexity index is 339. The van der Waals surface area contributed by atoms with Gasteiger partial charge in [-0.15, -0.1) is 0 Å². The normalized spacial score (nSPS) is 10.5. The third-order valence-corrected chi connectivity index (χ3v) is 2.83. The van der Waals surface area contributed by atoms with Gasteiger partial charge in [-0.1, -0.05) is 15.9 Å². The largest absolute Gasteiger partial charge is 0.496 e. The predicted molar refractivity (Wildman–Crippen MR) is 66.8 cm³/mol. The lowest BCUT2D eigenvalue weighted by Gasteiger charge is -2.14. The number of hydrogen-bond acceptors (Lipinski definition) is 3. The molecule has 0 heterocycles. The minimum absolute atomic E-state index is 0.186. The van der Waals surface area contributed by atoms with E-state index in [-0.39, 0.29) is 6.61 Å². The molecule has 90 valence electrons. The van der Waals surface area contributed by atoms with E-state index in [2.05, 4.69) is 15.9 Å². The molecule has 16 heavy (non-hydrogen) atoms. The van der Waals surface area contributed by atoms with E-state index in [9.17, 15) is 0 Å². The van der Waals surface area contributed by atoms with E-state index in [1.165, 1.54) is 0 Å². The smallest absolute Gasteiger partial charge is 0.123 e. The number of halogens is 1. The van der Waals surface area contributed by atoms with Crippen molar-refractivity contribution in [1.82, 2.24) is 0 Å². The van der Waals surface area contributed by atoms with Gasteiger partial charge < -0.3 is 14.6 Å². The molecule has 0 amide bonds. The van der Waals surface area contributed by atoms with Gasteiger partial charge in [0.25, 0.3) is 0 Å². The summed E-state index contributed by atoms with van der Waals surface area (Å²) >= 11 is 3.44. The maximum atomic E-state index is 8.89. The van der Waals surface area contributed by atoms with E-state index in [4.69, 9.17) is 14.6 Å². The molecule has 1 rings (SSSR count). The number of methoxy groups -OCH3 is 2. The fourth-order valence-electron chi connectivity index (χ4n) is 1.67. The average molecular weight is 289 g/mol. The van der Waals surface area contributed by atoms with Crippen LogP contribution in [0.3, 0.4) is 0 Å². The highest BCUT2D eigenvalue weighted by Crippen LogP contribution is 2.29. The summed E-state index contributed by atoms with van der Waals surface area (Å²) in [6.45, 7) is 0.738. The van der Waals surface area contributed by atoms with Crippen LogP contribution in [0.25, 0.3) is 0 Å². The molecule has 0 saturated heterocycles. The zero-order valence-corrected chi connectivity index (χ0v) is 11.2. The molecule has 0 aromatic heterocycles. The first-order valence-corrected chi connectivity index (χ1v) is 5.97. The van der Waals surface area contributed by atoms with E-state index in [1.807, 2.05) is 12.1 Å². The molecule has 0 aliphatic heterocycles. The Labute approximate surface area is 105 Å². The van der Waals surface area contributed by atoms with E-state index in [1.54, 1.807) is 14.2 Å². The Morgan fingerprint density at radius 1 is 1.31 bits per heavy atom. The van der Waals surface area contributed by atoms with Crippen LogP contribution < -0.4 is 4.74 Å². The third-order valence-electron chi connectivity index (χ3n) is 2.37. The minimum Gasteiger partial charge on any atom is -0.496 e. The second-order valence-electron chi connectivity index (χ2n) is 3.51. The molecule has 1 N–H and O–H groups in total. The first-order valence-electron chi connectivity index (χ1n) is 5.18. The van der Waals surface area contributed by atoms with Crippen LogP contribution in [0.2, 0.25) is 0 Å². The van der Waals surface area contributed by atoms with Gasteiger partial charge in [-0.2, -0.15) is 0 Å². The van der Waals surface area contributed by atoms with Crippen molar-refractivity contribution in [2.75, 3.05) is 20.8 Å². The molecular formula is C12H17BrO3. The van der Waals surface area contributed by atoms with Gasteiger partial charge in [-0.25, -0.2) is 0 Å². The summed E-state index contributed by atoms with van der Waals surface area (Å²) in [5.74, 6) is 0.842. The van der Waals surface area contributed by atoms with E-state index >= 15 is 0 Å². The van der Waals surface area contributed by atoms with Crippen LogP contribution >= 0.6 is 15.9 Å². The van der Waals surface area contributed by atoms with Crippen molar-refractivity contribution in [1.29, 1.82) is 0 Å². The molecule has 1 aromatic rings. The summed E-state index contributed by atoms with van der Waals surface area (Å²) < 4.78 is 11.5. The fourth-order valence-corrected chi connectivity index (χ4v) is 2.16. The van der Waals surface area contributed by atoms with Gasteiger partial charge in [-0.05, 0) is 36.1 Å². The Hall–Kier alpha value is -0.580. The topological polar surface area (TPSA) is 38.7 Å². The van der Waals surface area contributed by atoms with Crippen molar-refractivity contribution < 1.29 is 14.6 Å². The van der Waals surface area contributed by atoms with Gasteiger partial charge in [0.05, 0.1) is 13.7 Å². The number of rotatable bonds is 6. The molecule has 3 nitrogen and oxygen atoms in total. The summed E-state index contributed by atoms with van der Waals surface area (Å²) in [4.78, 5) is 0. The van der Waals surface area contributed by atoms with Crippen molar-refractivity contribution in [3.05, 3.63) is 27.7 Å². The third kappa shape index (κ3) is 3.47. The van der Waals surface area contributed by atoms with Crippen molar-refractivity contribution in [2.24, 2.45) is 0 Å². The van der Waals surface area contributed by atoms with Gasteiger partial charge in [0.15, 0.2) is 0 Å². The van der Waals surface area contributed by atoms with Crippen LogP contribution in [0, 0.1) is 0 Å². The first-order chi connectivity index (χ1) is 7.72. The average Bonchev–Trinajstić information content (AvgIpc) is 2.27. The second kappa shape index (κ2) is 6.89. The zero-order valence-electron chi connectivity index (χ0n) is 9.62. The summed E-state index contributed by atoms with van der Waals surface area (Å²) in [5.41, 5.74) is 2.21. The summed E-state index contributed by atoms with van der Waals surface area (Å²) in [7, 11) is 3.32. The molecule has 0 unspecified atom stereocenters. The van der Waals surface area contributed by atoms with Gasteiger partial charge in [0, 0.05) is 18.2 Å². The Kier molecular flexibility index (Phi) is 5.80. The molecule has 0 spiro atoms. The highest BCUT2D eigenvalue weighted by atomic mass is 79.9. The number of hydrogen-bond donors (Lipinski definition) is 1. The van der Waals surface area contributed by atoms with Crippen molar-refractivity contribution in [2.45, 2.75) is 19.4 Å². The van der Waals surface area contributed by atoms with Crippen molar-refractivity contribution >= 4 is 15.9 Å². The van der Waals surface area contributed by atoms with Crippen molar-refractivity contribution in [3.63, 3.8) is 0 Å². The van der Waals surface area contributed by atoms with Gasteiger partial charge in [-0.3, -0.25) is 0 Å². The number of ether oxygens (including phenoxy) is 2. The Balaban J connectivity index is 3.05. The number of aliphatic hydroxyl groups is 1. The highest BCUT2D eigenvalue weighted by molar-refractivity contribution is 9.10. The molecule has 0 atom stereocenters. The first kappa shape index (κ1) is 13.5. The lowest BCUT2D eigenvalue weighted by atomic mass is 10.0. The van der Waals surface area contributed by atoms with Crippen molar-refractivity contribution in [3.8, 4) is 5.75 Å². The summed E-state index contributed by atoms with van der Waals surface area (Å²) in [5, 5.41) is 8.89. The van der Waals surface area contributed by atoms with Crippen LogP contribution in [0.4, 0.5) is 0 Å². The van der Waals surface area contributed by atoms with Crippen LogP contribution in [-0.2, 0) is 17.8 Å². The Morgan fingerprint density at radius 2 is 2.06 bits per heavy atom. The lowest BCUT2D eigenvalue weighted by molar-refractivity contribution is 0.183. The van der Waals surface area contributed by atoms with Crippen LogP contribution in [0.5, 0.6) is 5.75 Å². The quantitative estimate of drug-likeness (QED) is 0.874. The Morgan fingerprint density at radius 3 is 2.62 bits per heavy atom. The molecule has 0 radical (unpaired) electrons. The summed E-state index contributed by atoms with van der Waals surface area (Å²) in [6, 6.07) is 3.96. The molecule has 0 bridgehead atoms. The maximum absolute atomic E-state index is 8.89. The zero-order chi connectivity index (χ0) is 12.0. The van der Waals surface area contributed by atoms with E-state index < -0.39 is 0 Å². The standard InChI is InChI=1S/C12H17BrO3/c1-15-8-9-6-10(13)7-12(16-2)11(9)4-3-5-14/h6-7,14H,3-5,8H2,1-2H3. The fraction of sp³-hybridized carbons (Fsp3) is 0.500. The molecule has 0 aliphatic rings. The molecule has 0 aliphatic carbocycles. The maximum Gasteiger partial charge on any atom is 0.123 e. The second-order valence-corrected chi connectivity index (χ2v) is 4.42. The highest BCUT2D eigenvalue weighted by Gasteiger charge is 2.10. The molecule has 0 fully saturated rings. The lowest BCUT2D eigenvalue weighted by Crippen LogP contribution is -2.01. The summed E-state index contributed by atoms with van der Waals surface area (Å²) in [6.07, 6.45) is 1.53. The number of aliphatic hydroxyl groups excluding tert-OH is 1. The molecule has 4 heteroatoms. The van der Waals surface area contributed by atoms with E-state index in [0.29, 0.717) is 6.61 Å². The van der Waals surface area contributed by atoms with Crippen LogP contribution in [0.15, 0.2) is 16.6 Å². The van der Waals surface area contributed by atoms with Gasteiger partial charge in [0.2, 0.25) is 0 Å². The van der Waals surface area contributed by atoms with Gasteiger partial charge in [0.1, 0.15) is 5.75 Å². The van der Waals surface area contributed by atoms with Crippen LogP contribution in [0.1, 0.15) is 17.5 Å². The molecular weight excluding hydrogens is 272 g/mol. The molecule has 0 saturated carbocycles. The monoisotopic (exact) mass is 288 g/mol. The minimum atomic E-state index is 0.186. The predicted octanol–water partition coefficient (Wildman–Crippen LogP) is 2.53. The van der Waals surface area contributed by atoms with Gasteiger partial charge >= 0.3 is 0 Å². The van der Waals surface area contributed by atoms with E-state index in [0.717, 1.165) is 34.2 Å². The molecule has 1 aromatic carbocycles. The SMILES string of the molecule is COCc1cc(Br)cc(OC)c1CCCO. The van der Waals surface area contributed by atoms with Crippen LogP contribution in [-0.4, -0.2) is 25.9 Å². The number of benzene rings is 1.